The van der Waals surface area contributed by atoms with Crippen molar-refractivity contribution in [3.8, 4) is 21.7 Å². The maximum Gasteiger partial charge on any atom is 0.322 e. The van der Waals surface area contributed by atoms with Crippen LogP contribution in [0.2, 0.25) is 5.02 Å². The van der Waals surface area contributed by atoms with E-state index in [4.69, 9.17) is 16.6 Å². The van der Waals surface area contributed by atoms with Gasteiger partial charge in [0.05, 0.1) is 15.5 Å². The normalized spacial score (nSPS) is 15.7. The zero-order valence-electron chi connectivity index (χ0n) is 21.5. The molecule has 1 fully saturated rings. The number of aromatic nitrogens is 1. The van der Waals surface area contributed by atoms with Gasteiger partial charge < -0.3 is 5.11 Å². The fourth-order valence-corrected chi connectivity index (χ4v) is 7.39. The number of rotatable bonds is 8. The molecule has 4 aromatic rings. The van der Waals surface area contributed by atoms with Crippen LogP contribution in [0.5, 0.6) is 0 Å². The molecule has 0 saturated carbocycles. The third-order valence-corrected chi connectivity index (χ3v) is 10.00. The van der Waals surface area contributed by atoms with Crippen LogP contribution in [0, 0.1) is 0 Å². The summed E-state index contributed by atoms with van der Waals surface area (Å²) in [6.07, 6.45) is 1.67. The van der Waals surface area contributed by atoms with E-state index in [1.54, 1.807) is 12.1 Å². The van der Waals surface area contributed by atoms with Gasteiger partial charge in [-0.05, 0) is 66.8 Å². The SMILES string of the molecule is CCc1ccc(-c2sc(NC(=O)c3ccc(S(=O)(=O)N4CCCC4C(=O)O)cc3)nc2-c2ccc(Cl)cc2)cc1. The summed E-state index contributed by atoms with van der Waals surface area (Å²) in [7, 11) is -4.00. The first-order valence-electron chi connectivity index (χ1n) is 12.7. The molecule has 2 N–H and O–H groups in total. The van der Waals surface area contributed by atoms with Crippen LogP contribution in [-0.4, -0.2) is 47.3 Å². The molecule has 206 valence electrons. The standard InChI is InChI=1S/C29H26ClN3O5S2/c1-2-18-5-7-20(8-6-18)26-25(19-9-13-22(30)14-10-19)31-29(39-26)32-27(34)21-11-15-23(16-12-21)40(37,38)33-17-3-4-24(33)28(35)36/h5-16,24H,2-4,17H2,1H3,(H,35,36)(H,31,32,34). The predicted octanol–water partition coefficient (Wildman–Crippen LogP) is 6.18. The molecular formula is C29H26ClN3O5S2. The number of aryl methyl sites for hydroxylation is 1. The molecule has 1 unspecified atom stereocenters. The Hall–Kier alpha value is -3.57. The molecule has 5 rings (SSSR count). The Labute approximate surface area is 241 Å². The molecule has 2 heterocycles. The number of carbonyl (C=O) groups excluding carboxylic acids is 1. The van der Waals surface area contributed by atoms with Crippen LogP contribution in [-0.2, 0) is 21.2 Å². The van der Waals surface area contributed by atoms with Gasteiger partial charge in [0, 0.05) is 22.7 Å². The van der Waals surface area contributed by atoms with Crippen LogP contribution >= 0.6 is 22.9 Å². The minimum atomic E-state index is -4.00. The number of hydrogen-bond acceptors (Lipinski definition) is 6. The Kier molecular flexibility index (Phi) is 8.04. The molecule has 0 radical (unpaired) electrons. The average Bonchev–Trinajstić information content (AvgIpc) is 3.62. The van der Waals surface area contributed by atoms with Gasteiger partial charge in [-0.2, -0.15) is 4.31 Å². The lowest BCUT2D eigenvalue weighted by atomic mass is 10.0. The number of carbonyl (C=O) groups is 2. The van der Waals surface area contributed by atoms with Crippen molar-refractivity contribution < 1.29 is 23.1 Å². The van der Waals surface area contributed by atoms with E-state index >= 15 is 0 Å². The molecule has 1 amide bonds. The second-order valence-electron chi connectivity index (χ2n) is 9.34. The van der Waals surface area contributed by atoms with Gasteiger partial charge in [-0.1, -0.05) is 66.3 Å². The van der Waals surface area contributed by atoms with Gasteiger partial charge >= 0.3 is 5.97 Å². The highest BCUT2D eigenvalue weighted by atomic mass is 35.5. The summed E-state index contributed by atoms with van der Waals surface area (Å²) in [6.45, 7) is 2.24. The van der Waals surface area contributed by atoms with Gasteiger partial charge in [-0.15, -0.1) is 0 Å². The molecule has 0 spiro atoms. The van der Waals surface area contributed by atoms with E-state index in [1.165, 1.54) is 41.2 Å². The zero-order valence-corrected chi connectivity index (χ0v) is 23.9. The number of carboxylic acid groups (broad SMARTS) is 1. The fraction of sp³-hybridized carbons (Fsp3) is 0.207. The summed E-state index contributed by atoms with van der Waals surface area (Å²) in [6, 6.07) is 19.9. The lowest BCUT2D eigenvalue weighted by Gasteiger charge is -2.21. The van der Waals surface area contributed by atoms with Crippen molar-refractivity contribution in [3.05, 3.63) is 88.9 Å². The third kappa shape index (κ3) is 5.66. The zero-order chi connectivity index (χ0) is 28.4. The van der Waals surface area contributed by atoms with E-state index in [0.717, 1.165) is 26.7 Å². The van der Waals surface area contributed by atoms with E-state index in [2.05, 4.69) is 24.4 Å². The van der Waals surface area contributed by atoms with Gasteiger partial charge in [-0.3, -0.25) is 14.9 Å². The molecule has 1 saturated heterocycles. The number of amides is 1. The smallest absolute Gasteiger partial charge is 0.322 e. The Morgan fingerprint density at radius 3 is 2.30 bits per heavy atom. The molecule has 0 aliphatic carbocycles. The molecule has 3 aromatic carbocycles. The van der Waals surface area contributed by atoms with Crippen LogP contribution in [0.15, 0.2) is 77.7 Å². The second-order valence-corrected chi connectivity index (χ2v) is 12.7. The first-order chi connectivity index (χ1) is 19.2. The first kappa shape index (κ1) is 28.0. The molecule has 1 atom stereocenters. The molecule has 1 aliphatic rings. The van der Waals surface area contributed by atoms with Crippen LogP contribution in [0.3, 0.4) is 0 Å². The highest BCUT2D eigenvalue weighted by molar-refractivity contribution is 7.89. The van der Waals surface area contributed by atoms with Crippen molar-refractivity contribution in [1.29, 1.82) is 0 Å². The van der Waals surface area contributed by atoms with Gasteiger partial charge in [0.25, 0.3) is 5.91 Å². The number of halogens is 1. The molecule has 1 aromatic heterocycles. The van der Waals surface area contributed by atoms with Crippen LogP contribution in [0.4, 0.5) is 5.13 Å². The Morgan fingerprint density at radius 2 is 1.68 bits per heavy atom. The average molecular weight is 596 g/mol. The van der Waals surface area contributed by atoms with E-state index in [9.17, 15) is 23.1 Å². The number of hydrogen-bond donors (Lipinski definition) is 2. The van der Waals surface area contributed by atoms with Crippen LogP contribution < -0.4 is 5.32 Å². The van der Waals surface area contributed by atoms with Crippen molar-refractivity contribution >= 4 is 50.0 Å². The molecule has 11 heteroatoms. The number of nitrogens with zero attached hydrogens (tertiary/aromatic N) is 2. The lowest BCUT2D eigenvalue weighted by Crippen LogP contribution is -2.40. The summed E-state index contributed by atoms with van der Waals surface area (Å²) in [5.41, 5.74) is 3.99. The summed E-state index contributed by atoms with van der Waals surface area (Å²) in [4.78, 5) is 30.1. The quantitative estimate of drug-likeness (QED) is 0.251. The van der Waals surface area contributed by atoms with Crippen molar-refractivity contribution in [1.82, 2.24) is 9.29 Å². The van der Waals surface area contributed by atoms with Gasteiger partial charge in [0.15, 0.2) is 5.13 Å². The number of carboxylic acids is 1. The van der Waals surface area contributed by atoms with Crippen LogP contribution in [0.25, 0.3) is 21.7 Å². The van der Waals surface area contributed by atoms with Crippen molar-refractivity contribution in [3.63, 3.8) is 0 Å². The first-order valence-corrected chi connectivity index (χ1v) is 15.3. The topological polar surface area (TPSA) is 117 Å². The highest BCUT2D eigenvalue weighted by Gasteiger charge is 2.39. The number of aliphatic carboxylic acids is 1. The van der Waals surface area contributed by atoms with Crippen molar-refractivity contribution in [2.75, 3.05) is 11.9 Å². The number of benzene rings is 3. The minimum absolute atomic E-state index is 0.0608. The molecule has 0 bridgehead atoms. The molecule has 1 aliphatic heterocycles. The maximum absolute atomic E-state index is 13.1. The van der Waals surface area contributed by atoms with E-state index in [0.29, 0.717) is 22.3 Å². The van der Waals surface area contributed by atoms with Crippen molar-refractivity contribution in [2.45, 2.75) is 37.1 Å². The Bertz CT molecular complexity index is 1650. The molecule has 8 nitrogen and oxygen atoms in total. The van der Waals surface area contributed by atoms with Gasteiger partial charge in [-0.25, -0.2) is 13.4 Å². The number of nitrogens with one attached hydrogen (secondary N) is 1. The fourth-order valence-electron chi connectivity index (χ4n) is 4.62. The summed E-state index contributed by atoms with van der Waals surface area (Å²) in [5, 5.41) is 13.2. The largest absolute Gasteiger partial charge is 0.480 e. The summed E-state index contributed by atoms with van der Waals surface area (Å²) < 4.78 is 27.1. The monoisotopic (exact) mass is 595 g/mol. The minimum Gasteiger partial charge on any atom is -0.480 e. The number of thiazole rings is 1. The van der Waals surface area contributed by atoms with E-state index < -0.39 is 27.9 Å². The lowest BCUT2D eigenvalue weighted by molar-refractivity contribution is -0.140. The maximum atomic E-state index is 13.1. The van der Waals surface area contributed by atoms with E-state index in [-0.39, 0.29) is 23.4 Å². The predicted molar refractivity (Wildman–Crippen MR) is 156 cm³/mol. The molecule has 40 heavy (non-hydrogen) atoms. The van der Waals surface area contributed by atoms with E-state index in [1.807, 2.05) is 24.3 Å². The highest BCUT2D eigenvalue weighted by Crippen LogP contribution is 2.39. The second kappa shape index (κ2) is 11.5. The number of anilines is 1. The summed E-state index contributed by atoms with van der Waals surface area (Å²) in [5.74, 6) is -1.61. The number of sulfonamides is 1. The Morgan fingerprint density at radius 1 is 1.02 bits per heavy atom. The molecular weight excluding hydrogens is 570 g/mol. The Balaban J connectivity index is 1.40. The summed E-state index contributed by atoms with van der Waals surface area (Å²) >= 11 is 7.43. The van der Waals surface area contributed by atoms with Crippen molar-refractivity contribution in [2.24, 2.45) is 0 Å². The third-order valence-electron chi connectivity index (χ3n) is 6.80. The van der Waals surface area contributed by atoms with Crippen LogP contribution in [0.1, 0.15) is 35.7 Å². The van der Waals surface area contributed by atoms with Gasteiger partial charge in [0.1, 0.15) is 6.04 Å². The van der Waals surface area contributed by atoms with Gasteiger partial charge in [0.2, 0.25) is 10.0 Å².